The summed E-state index contributed by atoms with van der Waals surface area (Å²) in [6.07, 6.45) is 7.95. The van der Waals surface area contributed by atoms with Crippen molar-refractivity contribution in [2.45, 2.75) is 30.6 Å². The number of thioether (sulfide) groups is 1. The molecule has 1 fully saturated rings. The van der Waals surface area contributed by atoms with Crippen LogP contribution in [0.5, 0.6) is 0 Å². The fraction of sp³-hybridized carbons (Fsp3) is 0.375. The zero-order valence-electron chi connectivity index (χ0n) is 11.9. The third-order valence-electron chi connectivity index (χ3n) is 3.64. The fourth-order valence-corrected chi connectivity index (χ4v) is 3.51. The predicted octanol–water partition coefficient (Wildman–Crippen LogP) is 2.80. The standard InChI is InChI=1S/C16H19NO3S/c1-21-14-7-3-6-13(14)17-16(20)12-5-2-4-11(10-12)8-9-15(18)19/h2,4-5,8-10,13-14H,3,6-7H2,1H3,(H,17,20)(H,18,19)/b9-8+. The van der Waals surface area contributed by atoms with Crippen LogP contribution in [0.2, 0.25) is 0 Å². The van der Waals surface area contributed by atoms with Crippen LogP contribution in [0, 0.1) is 0 Å². The molecule has 5 heteroatoms. The molecule has 21 heavy (non-hydrogen) atoms. The van der Waals surface area contributed by atoms with Crippen molar-refractivity contribution in [2.24, 2.45) is 0 Å². The van der Waals surface area contributed by atoms with Gasteiger partial charge in [0.2, 0.25) is 0 Å². The quantitative estimate of drug-likeness (QED) is 0.821. The number of rotatable bonds is 5. The van der Waals surface area contributed by atoms with Gasteiger partial charge in [0.25, 0.3) is 5.91 Å². The molecule has 2 rings (SSSR count). The van der Waals surface area contributed by atoms with Crippen LogP contribution in [0.15, 0.2) is 30.3 Å². The lowest BCUT2D eigenvalue weighted by Gasteiger charge is -2.19. The molecule has 1 amide bonds. The zero-order chi connectivity index (χ0) is 15.2. The van der Waals surface area contributed by atoms with Crippen molar-refractivity contribution in [2.75, 3.05) is 6.26 Å². The van der Waals surface area contributed by atoms with Gasteiger partial charge in [-0.3, -0.25) is 4.79 Å². The van der Waals surface area contributed by atoms with E-state index in [1.54, 1.807) is 36.0 Å². The van der Waals surface area contributed by atoms with Crippen LogP contribution >= 0.6 is 11.8 Å². The van der Waals surface area contributed by atoms with Crippen LogP contribution in [-0.4, -0.2) is 34.5 Å². The monoisotopic (exact) mass is 305 g/mol. The topological polar surface area (TPSA) is 66.4 Å². The Bertz CT molecular complexity index is 556. The molecule has 0 heterocycles. The molecule has 0 aromatic heterocycles. The second-order valence-electron chi connectivity index (χ2n) is 5.08. The highest BCUT2D eigenvalue weighted by atomic mass is 32.2. The Hall–Kier alpha value is -1.75. The number of hydrogen-bond acceptors (Lipinski definition) is 3. The summed E-state index contributed by atoms with van der Waals surface area (Å²) in [5, 5.41) is 12.2. The minimum absolute atomic E-state index is 0.0912. The molecule has 2 atom stereocenters. The molecule has 1 aromatic rings. The van der Waals surface area contributed by atoms with Gasteiger partial charge in [0.05, 0.1) is 0 Å². The summed E-state index contributed by atoms with van der Waals surface area (Å²) in [6, 6.07) is 7.22. The summed E-state index contributed by atoms with van der Waals surface area (Å²) in [4.78, 5) is 22.8. The van der Waals surface area contributed by atoms with Crippen molar-refractivity contribution in [1.82, 2.24) is 5.32 Å². The van der Waals surface area contributed by atoms with E-state index in [0.717, 1.165) is 25.3 Å². The van der Waals surface area contributed by atoms with Gasteiger partial charge in [-0.05, 0) is 42.9 Å². The molecule has 1 saturated carbocycles. The molecular formula is C16H19NO3S. The van der Waals surface area contributed by atoms with E-state index in [0.29, 0.717) is 16.4 Å². The van der Waals surface area contributed by atoms with Gasteiger partial charge >= 0.3 is 5.97 Å². The van der Waals surface area contributed by atoms with Crippen molar-refractivity contribution >= 4 is 29.7 Å². The number of benzene rings is 1. The van der Waals surface area contributed by atoms with E-state index < -0.39 is 5.97 Å². The van der Waals surface area contributed by atoms with Gasteiger partial charge in [-0.2, -0.15) is 11.8 Å². The van der Waals surface area contributed by atoms with E-state index in [1.165, 1.54) is 6.08 Å². The molecule has 0 bridgehead atoms. The third kappa shape index (κ3) is 4.36. The number of carboxylic acids is 1. The molecule has 2 unspecified atom stereocenters. The largest absolute Gasteiger partial charge is 0.478 e. The molecule has 0 spiro atoms. The van der Waals surface area contributed by atoms with E-state index >= 15 is 0 Å². The van der Waals surface area contributed by atoms with Crippen LogP contribution < -0.4 is 5.32 Å². The maximum absolute atomic E-state index is 12.3. The normalized spacial score (nSPS) is 21.6. The second kappa shape index (κ2) is 7.31. The lowest BCUT2D eigenvalue weighted by Crippen LogP contribution is -2.38. The average molecular weight is 305 g/mol. The highest BCUT2D eigenvalue weighted by molar-refractivity contribution is 7.99. The Morgan fingerprint density at radius 3 is 2.90 bits per heavy atom. The molecule has 1 aliphatic carbocycles. The van der Waals surface area contributed by atoms with Crippen molar-refractivity contribution in [3.8, 4) is 0 Å². The maximum Gasteiger partial charge on any atom is 0.328 e. The van der Waals surface area contributed by atoms with Crippen LogP contribution in [0.4, 0.5) is 0 Å². The van der Waals surface area contributed by atoms with Crippen LogP contribution in [0.3, 0.4) is 0 Å². The zero-order valence-corrected chi connectivity index (χ0v) is 12.7. The Morgan fingerprint density at radius 1 is 1.38 bits per heavy atom. The summed E-state index contributed by atoms with van der Waals surface area (Å²) >= 11 is 1.80. The number of carbonyl (C=O) groups excluding carboxylic acids is 1. The first-order valence-electron chi connectivity index (χ1n) is 6.95. The lowest BCUT2D eigenvalue weighted by atomic mass is 10.1. The molecule has 2 N–H and O–H groups in total. The Balaban J connectivity index is 2.05. The smallest absolute Gasteiger partial charge is 0.328 e. The number of amides is 1. The molecule has 112 valence electrons. The first-order valence-corrected chi connectivity index (χ1v) is 8.23. The van der Waals surface area contributed by atoms with Gasteiger partial charge in [0.1, 0.15) is 0 Å². The molecular weight excluding hydrogens is 286 g/mol. The summed E-state index contributed by atoms with van der Waals surface area (Å²) < 4.78 is 0. The highest BCUT2D eigenvalue weighted by Crippen LogP contribution is 2.28. The van der Waals surface area contributed by atoms with Gasteiger partial charge in [-0.15, -0.1) is 0 Å². The first kappa shape index (κ1) is 15.6. The van der Waals surface area contributed by atoms with Crippen LogP contribution in [0.25, 0.3) is 6.08 Å². The van der Waals surface area contributed by atoms with E-state index in [1.807, 2.05) is 0 Å². The molecule has 0 radical (unpaired) electrons. The second-order valence-corrected chi connectivity index (χ2v) is 6.16. The summed E-state index contributed by atoms with van der Waals surface area (Å²) in [6.45, 7) is 0. The number of nitrogens with one attached hydrogen (secondary N) is 1. The van der Waals surface area contributed by atoms with Crippen LogP contribution in [-0.2, 0) is 4.79 Å². The number of carboxylic acid groups (broad SMARTS) is 1. The average Bonchev–Trinajstić information content (AvgIpc) is 2.92. The highest BCUT2D eigenvalue weighted by Gasteiger charge is 2.27. The van der Waals surface area contributed by atoms with E-state index in [9.17, 15) is 9.59 Å². The van der Waals surface area contributed by atoms with E-state index in [-0.39, 0.29) is 11.9 Å². The van der Waals surface area contributed by atoms with Crippen molar-refractivity contribution in [1.29, 1.82) is 0 Å². The minimum Gasteiger partial charge on any atom is -0.478 e. The molecule has 4 nitrogen and oxygen atoms in total. The predicted molar refractivity (Wildman–Crippen MR) is 85.5 cm³/mol. The number of hydrogen-bond donors (Lipinski definition) is 2. The third-order valence-corrected chi connectivity index (χ3v) is 4.81. The van der Waals surface area contributed by atoms with Gasteiger partial charge in [0, 0.05) is 22.9 Å². The van der Waals surface area contributed by atoms with Gasteiger partial charge in [0.15, 0.2) is 0 Å². The Morgan fingerprint density at radius 2 is 2.19 bits per heavy atom. The van der Waals surface area contributed by atoms with Gasteiger partial charge in [-0.25, -0.2) is 4.79 Å². The maximum atomic E-state index is 12.3. The van der Waals surface area contributed by atoms with Crippen LogP contribution in [0.1, 0.15) is 35.2 Å². The SMILES string of the molecule is CSC1CCCC1NC(=O)c1cccc(/C=C/C(=O)O)c1. The Labute approximate surface area is 128 Å². The molecule has 1 aliphatic rings. The minimum atomic E-state index is -1.00. The van der Waals surface area contributed by atoms with Gasteiger partial charge < -0.3 is 10.4 Å². The number of carbonyl (C=O) groups is 2. The first-order chi connectivity index (χ1) is 10.1. The van der Waals surface area contributed by atoms with Crippen molar-refractivity contribution in [3.63, 3.8) is 0 Å². The van der Waals surface area contributed by atoms with Crippen molar-refractivity contribution in [3.05, 3.63) is 41.5 Å². The molecule has 1 aromatic carbocycles. The van der Waals surface area contributed by atoms with E-state index in [2.05, 4.69) is 11.6 Å². The summed E-state index contributed by atoms with van der Waals surface area (Å²) in [5.41, 5.74) is 1.27. The van der Waals surface area contributed by atoms with Crippen molar-refractivity contribution < 1.29 is 14.7 Å². The summed E-state index contributed by atoms with van der Waals surface area (Å²) in [5.74, 6) is -1.09. The fourth-order valence-electron chi connectivity index (χ4n) is 2.58. The molecule has 0 aliphatic heterocycles. The number of aliphatic carboxylic acids is 1. The summed E-state index contributed by atoms with van der Waals surface area (Å²) in [7, 11) is 0. The van der Waals surface area contributed by atoms with Gasteiger partial charge in [-0.1, -0.05) is 18.6 Å². The molecule has 0 saturated heterocycles. The van der Waals surface area contributed by atoms with E-state index in [4.69, 9.17) is 5.11 Å². The Kier molecular flexibility index (Phi) is 5.44. The lowest BCUT2D eigenvalue weighted by molar-refractivity contribution is -0.131.